The van der Waals surface area contributed by atoms with Crippen LogP contribution < -0.4 is 4.74 Å². The Morgan fingerprint density at radius 2 is 2.16 bits per heavy atom. The van der Waals surface area contributed by atoms with Gasteiger partial charge in [0.1, 0.15) is 11.5 Å². The molecule has 0 bridgehead atoms. The molecule has 1 aromatic carbocycles. The molecular formula is C14H21NO4. The van der Waals surface area contributed by atoms with Gasteiger partial charge in [-0.05, 0) is 31.7 Å². The van der Waals surface area contributed by atoms with Crippen LogP contribution in [0.2, 0.25) is 0 Å². The molecule has 0 saturated heterocycles. The van der Waals surface area contributed by atoms with Gasteiger partial charge in [-0.1, -0.05) is 6.92 Å². The minimum absolute atomic E-state index is 0.0819. The molecule has 0 aliphatic rings. The van der Waals surface area contributed by atoms with Crippen molar-refractivity contribution in [2.45, 2.75) is 32.9 Å². The molecule has 1 rings (SSSR count). The molecule has 0 aromatic heterocycles. The van der Waals surface area contributed by atoms with Crippen LogP contribution in [0.25, 0.3) is 0 Å². The van der Waals surface area contributed by atoms with E-state index < -0.39 is 5.97 Å². The van der Waals surface area contributed by atoms with Crippen molar-refractivity contribution in [3.63, 3.8) is 0 Å². The number of carbonyl (C=O) groups is 1. The summed E-state index contributed by atoms with van der Waals surface area (Å²) in [6.45, 7) is 5.05. The van der Waals surface area contributed by atoms with Crippen molar-refractivity contribution in [3.8, 4) is 11.5 Å². The van der Waals surface area contributed by atoms with Crippen LogP contribution in [-0.2, 0) is 11.3 Å². The number of methoxy groups -OCH3 is 1. The Balaban J connectivity index is 2.82. The zero-order valence-corrected chi connectivity index (χ0v) is 11.6. The van der Waals surface area contributed by atoms with E-state index in [1.165, 1.54) is 0 Å². The third-order valence-corrected chi connectivity index (χ3v) is 3.16. The van der Waals surface area contributed by atoms with Crippen molar-refractivity contribution in [2.24, 2.45) is 0 Å². The summed E-state index contributed by atoms with van der Waals surface area (Å²) in [5, 5.41) is 18.7. The van der Waals surface area contributed by atoms with E-state index in [1.54, 1.807) is 25.3 Å². The quantitative estimate of drug-likeness (QED) is 0.791. The average molecular weight is 267 g/mol. The lowest BCUT2D eigenvalue weighted by Crippen LogP contribution is -2.34. The fourth-order valence-electron chi connectivity index (χ4n) is 2.00. The minimum Gasteiger partial charge on any atom is -0.508 e. The van der Waals surface area contributed by atoms with Crippen molar-refractivity contribution >= 4 is 5.97 Å². The van der Waals surface area contributed by atoms with Gasteiger partial charge in [0.2, 0.25) is 0 Å². The van der Waals surface area contributed by atoms with Gasteiger partial charge < -0.3 is 14.9 Å². The molecule has 0 radical (unpaired) electrons. The Morgan fingerprint density at radius 1 is 1.47 bits per heavy atom. The second kappa shape index (κ2) is 6.99. The summed E-state index contributed by atoms with van der Waals surface area (Å²) >= 11 is 0. The lowest BCUT2D eigenvalue weighted by atomic mass is 10.1. The number of phenols is 1. The molecule has 0 amide bonds. The second-order valence-electron chi connectivity index (χ2n) is 4.50. The number of nitrogens with zero attached hydrogens (tertiary/aromatic N) is 1. The van der Waals surface area contributed by atoms with E-state index in [9.17, 15) is 9.90 Å². The summed E-state index contributed by atoms with van der Waals surface area (Å²) in [5.41, 5.74) is 0.735. The Labute approximate surface area is 113 Å². The van der Waals surface area contributed by atoms with Crippen LogP contribution in [-0.4, -0.2) is 40.8 Å². The number of ether oxygens (including phenoxy) is 1. The van der Waals surface area contributed by atoms with Crippen LogP contribution in [0.5, 0.6) is 11.5 Å². The molecule has 19 heavy (non-hydrogen) atoms. The first kappa shape index (κ1) is 15.3. The van der Waals surface area contributed by atoms with E-state index in [4.69, 9.17) is 9.84 Å². The second-order valence-corrected chi connectivity index (χ2v) is 4.50. The topological polar surface area (TPSA) is 70.0 Å². The number of carboxylic acids is 1. The van der Waals surface area contributed by atoms with Crippen molar-refractivity contribution in [1.82, 2.24) is 4.90 Å². The Bertz CT molecular complexity index is 433. The monoisotopic (exact) mass is 267 g/mol. The van der Waals surface area contributed by atoms with Crippen LogP contribution in [0.1, 0.15) is 25.8 Å². The third kappa shape index (κ3) is 4.44. The lowest BCUT2D eigenvalue weighted by Gasteiger charge is -2.27. The van der Waals surface area contributed by atoms with Crippen LogP contribution in [0.3, 0.4) is 0 Å². The molecule has 0 saturated carbocycles. The molecule has 1 unspecified atom stereocenters. The molecule has 106 valence electrons. The van der Waals surface area contributed by atoms with Crippen molar-refractivity contribution in [2.75, 3.05) is 13.7 Å². The van der Waals surface area contributed by atoms with Gasteiger partial charge in [-0.2, -0.15) is 0 Å². The van der Waals surface area contributed by atoms with Gasteiger partial charge >= 0.3 is 5.97 Å². The van der Waals surface area contributed by atoms with Gasteiger partial charge in [-0.25, -0.2) is 0 Å². The predicted octanol–water partition coefficient (Wildman–Crippen LogP) is 2.09. The fraction of sp³-hybridized carbons (Fsp3) is 0.500. The molecule has 1 aromatic rings. The zero-order chi connectivity index (χ0) is 14.4. The number of hydrogen-bond donors (Lipinski definition) is 2. The highest BCUT2D eigenvalue weighted by Crippen LogP contribution is 2.25. The Hall–Kier alpha value is -1.75. The highest BCUT2D eigenvalue weighted by Gasteiger charge is 2.17. The van der Waals surface area contributed by atoms with Crippen LogP contribution in [0.15, 0.2) is 18.2 Å². The third-order valence-electron chi connectivity index (χ3n) is 3.16. The standard InChI is InChI=1S/C14H21NO4/c1-4-15(10(2)7-14(17)18)9-11-8-12(19-3)5-6-13(11)16/h5-6,8,10,16H,4,7,9H2,1-3H3,(H,17,18). The fourth-order valence-corrected chi connectivity index (χ4v) is 2.00. The smallest absolute Gasteiger partial charge is 0.304 e. The van der Waals surface area contributed by atoms with Gasteiger partial charge in [-0.15, -0.1) is 0 Å². The van der Waals surface area contributed by atoms with Crippen molar-refractivity contribution in [3.05, 3.63) is 23.8 Å². The number of aromatic hydroxyl groups is 1. The molecule has 0 heterocycles. The van der Waals surface area contributed by atoms with Crippen molar-refractivity contribution in [1.29, 1.82) is 0 Å². The maximum Gasteiger partial charge on any atom is 0.304 e. The molecular weight excluding hydrogens is 246 g/mol. The van der Waals surface area contributed by atoms with E-state index in [2.05, 4.69) is 0 Å². The summed E-state index contributed by atoms with van der Waals surface area (Å²) in [4.78, 5) is 12.8. The SMILES string of the molecule is CCN(Cc1cc(OC)ccc1O)C(C)CC(=O)O. The van der Waals surface area contributed by atoms with E-state index in [1.807, 2.05) is 18.7 Å². The largest absolute Gasteiger partial charge is 0.508 e. The summed E-state index contributed by atoms with van der Waals surface area (Å²) < 4.78 is 5.13. The summed E-state index contributed by atoms with van der Waals surface area (Å²) in [6, 6.07) is 4.96. The van der Waals surface area contributed by atoms with E-state index in [0.717, 1.165) is 5.56 Å². The van der Waals surface area contributed by atoms with Crippen LogP contribution in [0.4, 0.5) is 0 Å². The molecule has 0 fully saturated rings. The van der Waals surface area contributed by atoms with Gasteiger partial charge in [0, 0.05) is 18.2 Å². The summed E-state index contributed by atoms with van der Waals surface area (Å²) in [5.74, 6) is 0.0531. The predicted molar refractivity (Wildman–Crippen MR) is 72.5 cm³/mol. The van der Waals surface area contributed by atoms with E-state index in [0.29, 0.717) is 18.8 Å². The van der Waals surface area contributed by atoms with Crippen molar-refractivity contribution < 1.29 is 19.7 Å². The average Bonchev–Trinajstić information content (AvgIpc) is 2.36. The minimum atomic E-state index is -0.819. The highest BCUT2D eigenvalue weighted by atomic mass is 16.5. The lowest BCUT2D eigenvalue weighted by molar-refractivity contribution is -0.138. The normalized spacial score (nSPS) is 12.4. The summed E-state index contributed by atoms with van der Waals surface area (Å²) in [7, 11) is 1.57. The number of phenolic OH excluding ortho intramolecular Hbond substituents is 1. The number of rotatable bonds is 7. The van der Waals surface area contributed by atoms with Gasteiger partial charge in [0.15, 0.2) is 0 Å². The van der Waals surface area contributed by atoms with Crippen LogP contribution >= 0.6 is 0 Å². The van der Waals surface area contributed by atoms with Gasteiger partial charge in [0.25, 0.3) is 0 Å². The van der Waals surface area contributed by atoms with E-state index in [-0.39, 0.29) is 18.2 Å². The maximum absolute atomic E-state index is 10.8. The maximum atomic E-state index is 10.8. The molecule has 0 aliphatic heterocycles. The van der Waals surface area contributed by atoms with Gasteiger partial charge in [0.05, 0.1) is 13.5 Å². The number of aliphatic carboxylic acids is 1. The molecule has 0 spiro atoms. The first-order chi connectivity index (χ1) is 8.97. The summed E-state index contributed by atoms with van der Waals surface area (Å²) in [6.07, 6.45) is 0.0819. The van der Waals surface area contributed by atoms with Crippen LogP contribution in [0, 0.1) is 0 Å². The highest BCUT2D eigenvalue weighted by molar-refractivity contribution is 5.67. The molecule has 0 aliphatic carbocycles. The molecule has 5 heteroatoms. The Kier molecular flexibility index (Phi) is 5.63. The number of carboxylic acid groups (broad SMARTS) is 1. The number of benzene rings is 1. The first-order valence-corrected chi connectivity index (χ1v) is 6.29. The molecule has 1 atom stereocenters. The number of hydrogen-bond acceptors (Lipinski definition) is 4. The zero-order valence-electron chi connectivity index (χ0n) is 11.6. The van der Waals surface area contributed by atoms with Gasteiger partial charge in [-0.3, -0.25) is 9.69 Å². The first-order valence-electron chi connectivity index (χ1n) is 6.29. The Morgan fingerprint density at radius 3 is 2.68 bits per heavy atom. The van der Waals surface area contributed by atoms with E-state index >= 15 is 0 Å². The molecule has 5 nitrogen and oxygen atoms in total. The molecule has 2 N–H and O–H groups in total.